The van der Waals surface area contributed by atoms with Crippen LogP contribution in [0.2, 0.25) is 0 Å². The average Bonchev–Trinajstić information content (AvgIpc) is 2.34. The van der Waals surface area contributed by atoms with Crippen LogP contribution in [0.4, 0.5) is 11.4 Å². The molecule has 0 amide bonds. The van der Waals surface area contributed by atoms with Gasteiger partial charge in [-0.05, 0) is 48.2 Å². The topological polar surface area (TPSA) is 15.3 Å². The zero-order valence-electron chi connectivity index (χ0n) is 8.40. The van der Waals surface area contributed by atoms with E-state index in [1.165, 1.54) is 0 Å². The third kappa shape index (κ3) is 2.55. The molecular formula is C12H10BrClN2. The van der Waals surface area contributed by atoms with Crippen molar-refractivity contribution in [2.45, 2.75) is 0 Å². The van der Waals surface area contributed by atoms with Crippen molar-refractivity contribution in [2.24, 2.45) is 0 Å². The number of hydrogen-bond acceptors (Lipinski definition) is 2. The van der Waals surface area contributed by atoms with Gasteiger partial charge in [0, 0.05) is 4.47 Å². The first-order valence-electron chi connectivity index (χ1n) is 4.78. The number of para-hydroxylation sites is 1. The Balaban J connectivity index is 2.33. The van der Waals surface area contributed by atoms with Crippen LogP contribution < -0.4 is 9.95 Å². The Morgan fingerprint density at radius 2 is 1.44 bits per heavy atom. The summed E-state index contributed by atoms with van der Waals surface area (Å²) in [5.41, 5.74) is 1.96. The number of hydrogen-bond donors (Lipinski definition) is 1. The second kappa shape index (κ2) is 5.34. The smallest absolute Gasteiger partial charge is 0.0591 e. The van der Waals surface area contributed by atoms with Gasteiger partial charge < -0.3 is 0 Å². The third-order valence-corrected chi connectivity index (χ3v) is 2.88. The number of halogens is 2. The van der Waals surface area contributed by atoms with Gasteiger partial charge >= 0.3 is 0 Å². The summed E-state index contributed by atoms with van der Waals surface area (Å²) in [6.45, 7) is 0. The first-order chi connectivity index (χ1) is 7.81. The van der Waals surface area contributed by atoms with E-state index in [9.17, 15) is 0 Å². The fourth-order valence-electron chi connectivity index (χ4n) is 1.41. The minimum absolute atomic E-state index is 0.976. The third-order valence-electron chi connectivity index (χ3n) is 2.18. The number of anilines is 2. The molecule has 0 saturated carbocycles. The lowest BCUT2D eigenvalue weighted by molar-refractivity contribution is 0.981. The van der Waals surface area contributed by atoms with Crippen LogP contribution in [0.1, 0.15) is 0 Å². The SMILES string of the molecule is ClNN(c1ccccc1)c1ccc(Br)cc1. The van der Waals surface area contributed by atoms with Crippen molar-refractivity contribution in [3.05, 3.63) is 59.1 Å². The minimum atomic E-state index is 0.976. The molecule has 0 spiro atoms. The van der Waals surface area contributed by atoms with Crippen molar-refractivity contribution in [3.63, 3.8) is 0 Å². The van der Waals surface area contributed by atoms with Gasteiger partial charge in [-0.3, -0.25) is 5.01 Å². The van der Waals surface area contributed by atoms with Crippen molar-refractivity contribution < 1.29 is 0 Å². The van der Waals surface area contributed by atoms with E-state index in [4.69, 9.17) is 11.8 Å². The molecule has 0 atom stereocenters. The second-order valence-electron chi connectivity index (χ2n) is 3.23. The maximum atomic E-state index is 5.74. The van der Waals surface area contributed by atoms with Crippen molar-refractivity contribution in [1.82, 2.24) is 4.94 Å². The van der Waals surface area contributed by atoms with E-state index in [0.29, 0.717) is 0 Å². The molecule has 4 heteroatoms. The molecule has 0 aliphatic rings. The summed E-state index contributed by atoms with van der Waals surface area (Å²) < 4.78 is 1.04. The first-order valence-corrected chi connectivity index (χ1v) is 5.95. The van der Waals surface area contributed by atoms with Crippen molar-refractivity contribution in [3.8, 4) is 0 Å². The van der Waals surface area contributed by atoms with Crippen LogP contribution in [0.25, 0.3) is 0 Å². The average molecular weight is 298 g/mol. The van der Waals surface area contributed by atoms with Gasteiger partial charge in [-0.2, -0.15) is 0 Å². The summed E-state index contributed by atoms with van der Waals surface area (Å²) in [4.78, 5) is 2.64. The van der Waals surface area contributed by atoms with Crippen LogP contribution in [-0.4, -0.2) is 0 Å². The molecule has 0 aliphatic heterocycles. The summed E-state index contributed by atoms with van der Waals surface area (Å²) in [6.07, 6.45) is 0. The highest BCUT2D eigenvalue weighted by Crippen LogP contribution is 2.24. The maximum absolute atomic E-state index is 5.74. The lowest BCUT2D eigenvalue weighted by atomic mass is 10.2. The monoisotopic (exact) mass is 296 g/mol. The summed E-state index contributed by atoms with van der Waals surface area (Å²) in [5.74, 6) is 0. The Morgan fingerprint density at radius 1 is 0.875 bits per heavy atom. The Morgan fingerprint density at radius 3 is 2.00 bits per heavy atom. The molecule has 82 valence electrons. The van der Waals surface area contributed by atoms with Crippen molar-refractivity contribution >= 4 is 39.1 Å². The summed E-state index contributed by atoms with van der Waals surface area (Å²) in [7, 11) is 0. The van der Waals surface area contributed by atoms with Gasteiger partial charge in [0.25, 0.3) is 0 Å². The number of rotatable bonds is 3. The van der Waals surface area contributed by atoms with Gasteiger partial charge in [-0.1, -0.05) is 34.1 Å². The van der Waals surface area contributed by atoms with E-state index < -0.39 is 0 Å². The van der Waals surface area contributed by atoms with Crippen molar-refractivity contribution in [1.29, 1.82) is 0 Å². The van der Waals surface area contributed by atoms with E-state index in [1.54, 1.807) is 5.01 Å². The van der Waals surface area contributed by atoms with E-state index >= 15 is 0 Å². The zero-order valence-corrected chi connectivity index (χ0v) is 10.7. The molecule has 2 aromatic carbocycles. The molecule has 1 N–H and O–H groups in total. The van der Waals surface area contributed by atoms with Crippen LogP contribution in [-0.2, 0) is 0 Å². The molecule has 0 aromatic heterocycles. The highest BCUT2D eigenvalue weighted by atomic mass is 79.9. The molecular weight excluding hydrogens is 288 g/mol. The van der Waals surface area contributed by atoms with Crippen LogP contribution in [0.3, 0.4) is 0 Å². The first kappa shape index (κ1) is 11.5. The molecule has 0 saturated heterocycles. The standard InChI is InChI=1S/C12H10BrClN2/c13-10-6-8-12(9-7-10)16(15-14)11-4-2-1-3-5-11/h1-9,15H. The Bertz CT molecular complexity index is 444. The molecule has 2 nitrogen and oxygen atoms in total. The fraction of sp³-hybridized carbons (Fsp3) is 0. The van der Waals surface area contributed by atoms with Crippen LogP contribution in [0.15, 0.2) is 59.1 Å². The maximum Gasteiger partial charge on any atom is 0.0591 e. The quantitative estimate of drug-likeness (QED) is 0.673. The summed E-state index contributed by atoms with van der Waals surface area (Å²) >= 11 is 9.14. The normalized spacial score (nSPS) is 10.1. The second-order valence-corrected chi connectivity index (χ2v) is 4.32. The van der Waals surface area contributed by atoms with E-state index in [-0.39, 0.29) is 0 Å². The van der Waals surface area contributed by atoms with Gasteiger partial charge in [0.05, 0.1) is 11.4 Å². The molecule has 0 unspecified atom stereocenters. The predicted molar refractivity (Wildman–Crippen MR) is 71.7 cm³/mol. The summed E-state index contributed by atoms with van der Waals surface area (Å²) in [6, 6.07) is 17.8. The lowest BCUT2D eigenvalue weighted by Crippen LogP contribution is -2.25. The van der Waals surface area contributed by atoms with Gasteiger partial charge in [0.15, 0.2) is 0 Å². The highest BCUT2D eigenvalue weighted by Gasteiger charge is 2.06. The zero-order chi connectivity index (χ0) is 11.4. The van der Waals surface area contributed by atoms with Crippen molar-refractivity contribution in [2.75, 3.05) is 5.01 Å². The van der Waals surface area contributed by atoms with Crippen LogP contribution in [0, 0.1) is 0 Å². The van der Waals surface area contributed by atoms with Crippen LogP contribution in [0.5, 0.6) is 0 Å². The van der Waals surface area contributed by atoms with Gasteiger partial charge in [-0.25, -0.2) is 0 Å². The molecule has 2 rings (SSSR count). The Labute approximate surface area is 108 Å². The van der Waals surface area contributed by atoms with Gasteiger partial charge in [0.1, 0.15) is 0 Å². The summed E-state index contributed by atoms with van der Waals surface area (Å²) in [5, 5.41) is 1.80. The molecule has 0 fully saturated rings. The number of nitrogens with zero attached hydrogens (tertiary/aromatic N) is 1. The van der Waals surface area contributed by atoms with Crippen LogP contribution >= 0.6 is 27.7 Å². The van der Waals surface area contributed by atoms with E-state index in [2.05, 4.69) is 20.9 Å². The van der Waals surface area contributed by atoms with Gasteiger partial charge in [-0.15, -0.1) is 4.94 Å². The number of hydrazine groups is 1. The molecule has 2 aromatic rings. The molecule has 0 aliphatic carbocycles. The van der Waals surface area contributed by atoms with Gasteiger partial charge in [0.2, 0.25) is 0 Å². The largest absolute Gasteiger partial charge is 0.263 e. The highest BCUT2D eigenvalue weighted by molar-refractivity contribution is 9.10. The number of nitrogens with one attached hydrogen (secondary N) is 1. The Kier molecular flexibility index (Phi) is 3.83. The minimum Gasteiger partial charge on any atom is -0.263 e. The predicted octanol–water partition coefficient (Wildman–Crippen LogP) is 4.25. The molecule has 16 heavy (non-hydrogen) atoms. The molecule has 0 radical (unpaired) electrons. The Hall–Kier alpha value is -1.03. The molecule has 0 bridgehead atoms. The lowest BCUT2D eigenvalue weighted by Gasteiger charge is -2.21. The number of benzene rings is 2. The molecule has 0 heterocycles. The fourth-order valence-corrected chi connectivity index (χ4v) is 1.87. The van der Waals surface area contributed by atoms with E-state index in [0.717, 1.165) is 15.8 Å². The van der Waals surface area contributed by atoms with E-state index in [1.807, 2.05) is 54.6 Å².